The Balaban J connectivity index is 2.39. The summed E-state index contributed by atoms with van der Waals surface area (Å²) in [6.45, 7) is 1.93. The summed E-state index contributed by atoms with van der Waals surface area (Å²) in [5.74, 6) is 0.968. The van der Waals surface area contributed by atoms with Gasteiger partial charge >= 0.3 is 0 Å². The van der Waals surface area contributed by atoms with Gasteiger partial charge in [-0.25, -0.2) is 4.98 Å². The predicted molar refractivity (Wildman–Crippen MR) is 69.9 cm³/mol. The van der Waals surface area contributed by atoms with Crippen molar-refractivity contribution in [2.24, 2.45) is 19.8 Å². The van der Waals surface area contributed by atoms with Crippen molar-refractivity contribution in [3.05, 3.63) is 23.8 Å². The normalized spacial score (nSPS) is 11.8. The van der Waals surface area contributed by atoms with E-state index in [2.05, 4.69) is 14.8 Å². The fraction of sp³-hybridized carbons (Fsp3) is 0.400. The highest BCUT2D eigenvalue weighted by molar-refractivity contribution is 7.92. The fourth-order valence-corrected chi connectivity index (χ4v) is 2.77. The Morgan fingerprint density at radius 2 is 2.11 bits per heavy atom. The Morgan fingerprint density at radius 1 is 1.42 bits per heavy atom. The largest absolute Gasteiger partial charge is 0.337 e. The lowest BCUT2D eigenvalue weighted by Crippen LogP contribution is -2.17. The summed E-state index contributed by atoms with van der Waals surface area (Å²) in [6, 6.07) is 0. The summed E-state index contributed by atoms with van der Waals surface area (Å²) in [5, 5.41) is 3.94. The maximum Gasteiger partial charge on any atom is 0.282 e. The molecule has 0 spiro atoms. The zero-order chi connectivity index (χ0) is 14.2. The lowest BCUT2D eigenvalue weighted by atomic mass is 10.3. The van der Waals surface area contributed by atoms with Gasteiger partial charge in [0.1, 0.15) is 11.6 Å². The van der Waals surface area contributed by atoms with Crippen LogP contribution in [0.5, 0.6) is 0 Å². The van der Waals surface area contributed by atoms with Crippen molar-refractivity contribution < 1.29 is 8.42 Å². The predicted octanol–water partition coefficient (Wildman–Crippen LogP) is -0.278. The molecule has 0 aromatic carbocycles. The van der Waals surface area contributed by atoms with Crippen LogP contribution in [-0.4, -0.2) is 27.7 Å². The molecule has 2 aromatic heterocycles. The van der Waals surface area contributed by atoms with Crippen molar-refractivity contribution >= 4 is 15.8 Å². The van der Waals surface area contributed by atoms with Crippen molar-refractivity contribution in [2.45, 2.75) is 18.5 Å². The van der Waals surface area contributed by atoms with Gasteiger partial charge in [0.15, 0.2) is 5.03 Å². The number of aryl methyl sites for hydroxylation is 3. The van der Waals surface area contributed by atoms with E-state index in [1.807, 2.05) is 0 Å². The molecule has 0 saturated heterocycles. The minimum atomic E-state index is -3.74. The molecule has 0 aliphatic rings. The number of sulfonamides is 1. The second-order valence-corrected chi connectivity index (χ2v) is 5.82. The number of hydrogen-bond acceptors (Lipinski definition) is 5. The first kappa shape index (κ1) is 13.6. The van der Waals surface area contributed by atoms with E-state index in [1.54, 1.807) is 25.6 Å². The molecule has 0 bridgehead atoms. The van der Waals surface area contributed by atoms with Crippen molar-refractivity contribution in [1.29, 1.82) is 0 Å². The summed E-state index contributed by atoms with van der Waals surface area (Å²) in [7, 11) is -0.366. The number of imidazole rings is 1. The maximum atomic E-state index is 12.2. The SMILES string of the molecule is Cc1nc(S(=O)(=O)Nc2c(CN)cnn2C)cn1C. The molecular weight excluding hydrogens is 268 g/mol. The average molecular weight is 284 g/mol. The van der Waals surface area contributed by atoms with Crippen molar-refractivity contribution in [3.63, 3.8) is 0 Å². The second-order valence-electron chi connectivity index (χ2n) is 4.19. The van der Waals surface area contributed by atoms with Crippen molar-refractivity contribution in [1.82, 2.24) is 19.3 Å². The van der Waals surface area contributed by atoms with Crippen LogP contribution in [0, 0.1) is 6.92 Å². The van der Waals surface area contributed by atoms with Crippen LogP contribution in [0.2, 0.25) is 0 Å². The highest BCUT2D eigenvalue weighted by Gasteiger charge is 2.21. The molecule has 2 heterocycles. The quantitative estimate of drug-likeness (QED) is 0.803. The van der Waals surface area contributed by atoms with E-state index < -0.39 is 10.0 Å². The number of nitrogens with two attached hydrogens (primary N) is 1. The number of rotatable bonds is 4. The van der Waals surface area contributed by atoms with Gasteiger partial charge in [-0.1, -0.05) is 0 Å². The minimum absolute atomic E-state index is 0.0309. The van der Waals surface area contributed by atoms with Gasteiger partial charge in [0, 0.05) is 32.4 Å². The molecule has 0 atom stereocenters. The number of aromatic nitrogens is 4. The second kappa shape index (κ2) is 4.67. The van der Waals surface area contributed by atoms with Crippen molar-refractivity contribution in [3.8, 4) is 0 Å². The van der Waals surface area contributed by atoms with Crippen LogP contribution >= 0.6 is 0 Å². The summed E-state index contributed by atoms with van der Waals surface area (Å²) < 4.78 is 30.0. The molecule has 2 aromatic rings. The number of nitrogens with one attached hydrogen (secondary N) is 1. The van der Waals surface area contributed by atoms with Crippen LogP contribution in [0.1, 0.15) is 11.4 Å². The average Bonchev–Trinajstić information content (AvgIpc) is 2.85. The first-order valence-electron chi connectivity index (χ1n) is 5.59. The van der Waals surface area contributed by atoms with E-state index in [1.165, 1.54) is 17.1 Å². The van der Waals surface area contributed by atoms with Crippen LogP contribution in [0.4, 0.5) is 5.82 Å². The third-order valence-electron chi connectivity index (χ3n) is 2.83. The molecule has 19 heavy (non-hydrogen) atoms. The van der Waals surface area contributed by atoms with E-state index in [9.17, 15) is 8.42 Å². The molecule has 0 radical (unpaired) electrons. The Kier molecular flexibility index (Phi) is 3.33. The standard InChI is InChI=1S/C10H16N6O2S/c1-7-13-9(6-15(7)2)19(17,18)14-10-8(4-11)5-12-16(10)3/h5-6,14H,4,11H2,1-3H3. The maximum absolute atomic E-state index is 12.2. The van der Waals surface area contributed by atoms with Gasteiger partial charge < -0.3 is 10.3 Å². The van der Waals surface area contributed by atoms with E-state index in [0.29, 0.717) is 17.2 Å². The smallest absolute Gasteiger partial charge is 0.282 e. The minimum Gasteiger partial charge on any atom is -0.337 e. The summed E-state index contributed by atoms with van der Waals surface area (Å²) in [4.78, 5) is 4.00. The Bertz CT molecular complexity index is 680. The number of anilines is 1. The summed E-state index contributed by atoms with van der Waals surface area (Å²) in [6.07, 6.45) is 2.98. The van der Waals surface area contributed by atoms with E-state index >= 15 is 0 Å². The van der Waals surface area contributed by atoms with E-state index in [-0.39, 0.29) is 11.6 Å². The van der Waals surface area contributed by atoms with Gasteiger partial charge in [-0.05, 0) is 6.92 Å². The van der Waals surface area contributed by atoms with E-state index in [4.69, 9.17) is 5.73 Å². The van der Waals surface area contributed by atoms with Crippen LogP contribution in [-0.2, 0) is 30.7 Å². The van der Waals surface area contributed by atoms with Gasteiger partial charge in [0.2, 0.25) is 0 Å². The van der Waals surface area contributed by atoms with Gasteiger partial charge in [-0.15, -0.1) is 0 Å². The molecule has 0 unspecified atom stereocenters. The zero-order valence-electron chi connectivity index (χ0n) is 11.0. The Hall–Kier alpha value is -1.87. The molecule has 3 N–H and O–H groups in total. The molecule has 0 aliphatic carbocycles. The zero-order valence-corrected chi connectivity index (χ0v) is 11.8. The third-order valence-corrected chi connectivity index (χ3v) is 4.04. The first-order valence-corrected chi connectivity index (χ1v) is 7.07. The van der Waals surface area contributed by atoms with Gasteiger partial charge in [-0.2, -0.15) is 13.5 Å². The highest BCUT2D eigenvalue weighted by atomic mass is 32.2. The molecule has 2 rings (SSSR count). The Morgan fingerprint density at radius 3 is 2.63 bits per heavy atom. The topological polar surface area (TPSA) is 108 Å². The van der Waals surface area contributed by atoms with Crippen LogP contribution in [0.25, 0.3) is 0 Å². The number of hydrogen-bond donors (Lipinski definition) is 2. The summed E-state index contributed by atoms with van der Waals surface area (Å²) in [5.41, 5.74) is 6.17. The molecule has 9 heteroatoms. The molecule has 0 aliphatic heterocycles. The van der Waals surface area contributed by atoms with E-state index in [0.717, 1.165) is 0 Å². The lowest BCUT2D eigenvalue weighted by molar-refractivity contribution is 0.597. The molecule has 104 valence electrons. The molecule has 0 saturated carbocycles. The highest BCUT2D eigenvalue weighted by Crippen LogP contribution is 2.18. The van der Waals surface area contributed by atoms with Crippen LogP contribution in [0.3, 0.4) is 0 Å². The summed E-state index contributed by atoms with van der Waals surface area (Å²) >= 11 is 0. The number of nitrogens with zero attached hydrogens (tertiary/aromatic N) is 4. The first-order chi connectivity index (χ1) is 8.85. The monoisotopic (exact) mass is 284 g/mol. The van der Waals surface area contributed by atoms with Gasteiger partial charge in [-0.3, -0.25) is 9.40 Å². The van der Waals surface area contributed by atoms with Crippen LogP contribution in [0.15, 0.2) is 17.4 Å². The van der Waals surface area contributed by atoms with Gasteiger partial charge in [0.05, 0.1) is 6.20 Å². The lowest BCUT2D eigenvalue weighted by Gasteiger charge is -2.07. The van der Waals surface area contributed by atoms with Crippen molar-refractivity contribution in [2.75, 3.05) is 4.72 Å². The molecular formula is C10H16N6O2S. The molecule has 0 amide bonds. The molecule has 8 nitrogen and oxygen atoms in total. The molecule has 0 fully saturated rings. The Labute approximate surface area is 111 Å². The fourth-order valence-electron chi connectivity index (χ4n) is 1.60. The van der Waals surface area contributed by atoms with Crippen LogP contribution < -0.4 is 10.5 Å². The third kappa shape index (κ3) is 2.47. The van der Waals surface area contributed by atoms with Gasteiger partial charge in [0.25, 0.3) is 10.0 Å².